The summed E-state index contributed by atoms with van der Waals surface area (Å²) in [5.74, 6) is -0.924. The van der Waals surface area contributed by atoms with E-state index in [1.54, 1.807) is 6.07 Å². The van der Waals surface area contributed by atoms with Gasteiger partial charge in [0.25, 0.3) is 0 Å². The van der Waals surface area contributed by atoms with Gasteiger partial charge < -0.3 is 5.11 Å². The van der Waals surface area contributed by atoms with Gasteiger partial charge in [-0.15, -0.1) is 11.3 Å². The summed E-state index contributed by atoms with van der Waals surface area (Å²) in [7, 11) is 0. The molecule has 2 atom stereocenters. The van der Waals surface area contributed by atoms with Crippen LogP contribution in [0.4, 0.5) is 13.2 Å². The monoisotopic (exact) mass is 383 g/mol. The van der Waals surface area contributed by atoms with E-state index in [2.05, 4.69) is 0 Å². The molecule has 1 fully saturated rings. The van der Waals surface area contributed by atoms with Crippen molar-refractivity contribution in [3.63, 3.8) is 0 Å². The summed E-state index contributed by atoms with van der Waals surface area (Å²) >= 11 is 1.53. The Labute approximate surface area is 154 Å². The second-order valence-electron chi connectivity index (χ2n) is 6.42. The van der Waals surface area contributed by atoms with E-state index in [0.717, 1.165) is 34.7 Å². The minimum Gasteiger partial charge on any atom is -0.480 e. The fourth-order valence-electron chi connectivity index (χ4n) is 3.50. The second-order valence-corrected chi connectivity index (χ2v) is 7.62. The number of likely N-dealkylation sites (tertiary alicyclic amines) is 1. The molecule has 26 heavy (non-hydrogen) atoms. The standard InChI is InChI=1S/C19H20F3NO2S/c1-2-14-8-9-16(26-14)17(23-10-4-7-15(23)18(24)25)12-5-3-6-13(11-12)19(20,21)22/h3,5-6,8-9,11,15,17H,2,4,7,10H2,1H3,(H,24,25). The third-order valence-corrected chi connectivity index (χ3v) is 6.02. The van der Waals surface area contributed by atoms with Gasteiger partial charge in [-0.05, 0) is 49.1 Å². The molecule has 1 aliphatic rings. The Morgan fingerprint density at radius 3 is 2.73 bits per heavy atom. The number of carboxylic acids is 1. The molecule has 0 radical (unpaired) electrons. The molecule has 2 unspecified atom stereocenters. The van der Waals surface area contributed by atoms with Crippen LogP contribution in [0.2, 0.25) is 0 Å². The summed E-state index contributed by atoms with van der Waals surface area (Å²) < 4.78 is 39.5. The number of benzene rings is 1. The maximum absolute atomic E-state index is 13.2. The Bertz CT molecular complexity index is 787. The lowest BCUT2D eigenvalue weighted by Crippen LogP contribution is -2.39. The van der Waals surface area contributed by atoms with Gasteiger partial charge in [-0.3, -0.25) is 9.69 Å². The van der Waals surface area contributed by atoms with Crippen LogP contribution in [-0.2, 0) is 17.4 Å². The van der Waals surface area contributed by atoms with Crippen molar-refractivity contribution in [3.8, 4) is 0 Å². The van der Waals surface area contributed by atoms with E-state index in [1.807, 2.05) is 24.0 Å². The van der Waals surface area contributed by atoms with Gasteiger partial charge in [0.15, 0.2) is 0 Å². The molecular weight excluding hydrogens is 363 g/mol. The summed E-state index contributed by atoms with van der Waals surface area (Å²) in [6.07, 6.45) is -2.36. The van der Waals surface area contributed by atoms with Crippen LogP contribution in [0.5, 0.6) is 0 Å². The molecule has 0 aliphatic carbocycles. The van der Waals surface area contributed by atoms with Crippen LogP contribution in [-0.4, -0.2) is 28.6 Å². The highest BCUT2D eigenvalue weighted by atomic mass is 32.1. The zero-order valence-corrected chi connectivity index (χ0v) is 15.1. The number of rotatable bonds is 5. The molecule has 0 bridgehead atoms. The van der Waals surface area contributed by atoms with Gasteiger partial charge in [-0.2, -0.15) is 13.2 Å². The van der Waals surface area contributed by atoms with Crippen molar-refractivity contribution in [2.75, 3.05) is 6.54 Å². The Hall–Kier alpha value is -1.86. The maximum Gasteiger partial charge on any atom is 0.416 e. The molecule has 1 aromatic carbocycles. The summed E-state index contributed by atoms with van der Waals surface area (Å²) in [6.45, 7) is 2.57. The number of halogens is 3. The lowest BCUT2D eigenvalue weighted by molar-refractivity contribution is -0.143. The van der Waals surface area contributed by atoms with E-state index in [1.165, 1.54) is 17.4 Å². The Kier molecular flexibility index (Phi) is 5.39. The van der Waals surface area contributed by atoms with Gasteiger partial charge >= 0.3 is 12.1 Å². The number of aryl methyl sites for hydroxylation is 1. The predicted molar refractivity (Wildman–Crippen MR) is 94.3 cm³/mol. The molecule has 1 saturated heterocycles. The topological polar surface area (TPSA) is 40.5 Å². The van der Waals surface area contributed by atoms with Crippen LogP contribution >= 0.6 is 11.3 Å². The largest absolute Gasteiger partial charge is 0.480 e. The van der Waals surface area contributed by atoms with Gasteiger partial charge in [0.05, 0.1) is 11.6 Å². The highest BCUT2D eigenvalue weighted by Crippen LogP contribution is 2.40. The van der Waals surface area contributed by atoms with Crippen LogP contribution in [0.3, 0.4) is 0 Å². The van der Waals surface area contributed by atoms with Crippen molar-refractivity contribution < 1.29 is 23.1 Å². The first-order valence-electron chi connectivity index (χ1n) is 8.55. The normalized spacial score (nSPS) is 19.6. The first-order valence-corrected chi connectivity index (χ1v) is 9.37. The zero-order chi connectivity index (χ0) is 18.9. The molecule has 0 spiro atoms. The Balaban J connectivity index is 2.08. The quantitative estimate of drug-likeness (QED) is 0.793. The van der Waals surface area contributed by atoms with Crippen molar-refractivity contribution in [3.05, 3.63) is 57.3 Å². The molecule has 1 aromatic heterocycles. The highest BCUT2D eigenvalue weighted by Gasteiger charge is 2.38. The smallest absolute Gasteiger partial charge is 0.416 e. The molecule has 2 aromatic rings. The first-order chi connectivity index (χ1) is 12.3. The molecule has 140 valence electrons. The van der Waals surface area contributed by atoms with Crippen molar-refractivity contribution in [2.24, 2.45) is 0 Å². The number of carboxylic acid groups (broad SMARTS) is 1. The lowest BCUT2D eigenvalue weighted by atomic mass is 10.00. The molecule has 0 amide bonds. The number of hydrogen-bond acceptors (Lipinski definition) is 3. The van der Waals surface area contributed by atoms with Crippen LogP contribution in [0.15, 0.2) is 36.4 Å². The Morgan fingerprint density at radius 1 is 1.35 bits per heavy atom. The second kappa shape index (κ2) is 7.40. The highest BCUT2D eigenvalue weighted by molar-refractivity contribution is 7.12. The van der Waals surface area contributed by atoms with Crippen LogP contribution < -0.4 is 0 Å². The van der Waals surface area contributed by atoms with E-state index in [9.17, 15) is 23.1 Å². The molecule has 1 N–H and O–H groups in total. The molecule has 1 aliphatic heterocycles. The van der Waals surface area contributed by atoms with Gasteiger partial charge in [-0.25, -0.2) is 0 Å². The van der Waals surface area contributed by atoms with Crippen molar-refractivity contribution >= 4 is 17.3 Å². The molecule has 3 nitrogen and oxygen atoms in total. The van der Waals surface area contributed by atoms with E-state index < -0.39 is 29.8 Å². The van der Waals surface area contributed by atoms with E-state index in [-0.39, 0.29) is 0 Å². The third kappa shape index (κ3) is 3.78. The number of nitrogens with zero attached hydrogens (tertiary/aromatic N) is 1. The van der Waals surface area contributed by atoms with Gasteiger partial charge in [0.1, 0.15) is 6.04 Å². The van der Waals surface area contributed by atoms with Gasteiger partial charge in [0.2, 0.25) is 0 Å². The first kappa shape index (κ1) is 18.9. The van der Waals surface area contributed by atoms with E-state index in [4.69, 9.17) is 0 Å². The number of aliphatic carboxylic acids is 1. The minimum absolute atomic E-state index is 0.480. The van der Waals surface area contributed by atoms with Crippen molar-refractivity contribution in [2.45, 2.75) is 44.4 Å². The SMILES string of the molecule is CCc1ccc(C(c2cccc(C(F)(F)F)c2)N2CCCC2C(=O)O)s1. The molecule has 0 saturated carbocycles. The number of carbonyl (C=O) groups is 1. The summed E-state index contributed by atoms with van der Waals surface area (Å²) in [6, 6.07) is 7.96. The average Bonchev–Trinajstić information content (AvgIpc) is 3.24. The van der Waals surface area contributed by atoms with Gasteiger partial charge in [0, 0.05) is 16.3 Å². The lowest BCUT2D eigenvalue weighted by Gasteiger charge is -2.31. The van der Waals surface area contributed by atoms with E-state index >= 15 is 0 Å². The average molecular weight is 383 g/mol. The van der Waals surface area contributed by atoms with Crippen LogP contribution in [0, 0.1) is 0 Å². The molecule has 7 heteroatoms. The molecule has 3 rings (SSSR count). The number of thiophene rings is 1. The van der Waals surface area contributed by atoms with Gasteiger partial charge in [-0.1, -0.05) is 19.1 Å². The third-order valence-electron chi connectivity index (χ3n) is 4.74. The van der Waals surface area contributed by atoms with Crippen molar-refractivity contribution in [1.82, 2.24) is 4.90 Å². The van der Waals surface area contributed by atoms with Crippen LogP contribution in [0.25, 0.3) is 0 Å². The fourth-order valence-corrected chi connectivity index (χ4v) is 4.60. The summed E-state index contributed by atoms with van der Waals surface area (Å²) in [4.78, 5) is 15.5. The zero-order valence-electron chi connectivity index (χ0n) is 14.3. The maximum atomic E-state index is 13.2. The fraction of sp³-hybridized carbons (Fsp3) is 0.421. The number of alkyl halides is 3. The molecular formula is C19H20F3NO2S. The predicted octanol–water partition coefficient (Wildman–Crippen LogP) is 4.97. The minimum atomic E-state index is -4.43. The number of hydrogen-bond donors (Lipinski definition) is 1. The van der Waals surface area contributed by atoms with E-state index in [0.29, 0.717) is 18.5 Å². The summed E-state index contributed by atoms with van der Waals surface area (Å²) in [5, 5.41) is 9.54. The van der Waals surface area contributed by atoms with Crippen molar-refractivity contribution in [1.29, 1.82) is 0 Å². The Morgan fingerprint density at radius 2 is 2.12 bits per heavy atom. The van der Waals surface area contributed by atoms with Crippen LogP contribution in [0.1, 0.15) is 46.7 Å². The molecule has 2 heterocycles. The summed E-state index contributed by atoms with van der Waals surface area (Å²) in [5.41, 5.74) is -0.226.